The number of aromatic nitrogens is 3. The third-order valence-corrected chi connectivity index (χ3v) is 2.00. The van der Waals surface area contributed by atoms with Gasteiger partial charge in [-0.25, -0.2) is 0 Å². The van der Waals surface area contributed by atoms with Crippen LogP contribution in [0.25, 0.3) is 0 Å². The van der Waals surface area contributed by atoms with E-state index >= 15 is 0 Å². The van der Waals surface area contributed by atoms with Crippen molar-refractivity contribution in [2.75, 3.05) is 13.2 Å². The molecule has 0 aliphatic carbocycles. The van der Waals surface area contributed by atoms with Crippen LogP contribution in [0.1, 0.15) is 25.5 Å². The van der Waals surface area contributed by atoms with Crippen LogP contribution in [0.5, 0.6) is 0 Å². The molecule has 0 atom stereocenters. The van der Waals surface area contributed by atoms with Gasteiger partial charge in [-0.05, 0) is 19.9 Å². The fourth-order valence-corrected chi connectivity index (χ4v) is 1.28. The lowest BCUT2D eigenvalue weighted by atomic mass is 10.3. The monoisotopic (exact) mass is 226 g/mol. The molecule has 90 valence electrons. The first-order chi connectivity index (χ1) is 7.72. The Kier molecular flexibility index (Phi) is 5.49. The van der Waals surface area contributed by atoms with E-state index in [1.54, 1.807) is 4.68 Å². The van der Waals surface area contributed by atoms with Gasteiger partial charge in [0.1, 0.15) is 0 Å². The van der Waals surface area contributed by atoms with Crippen molar-refractivity contribution < 1.29 is 9.53 Å². The van der Waals surface area contributed by atoms with Crippen molar-refractivity contribution in [1.29, 1.82) is 0 Å². The molecule has 0 saturated heterocycles. The number of carbonyl (C=O) groups is 1. The number of nitrogens with one attached hydrogen (secondary N) is 1. The summed E-state index contributed by atoms with van der Waals surface area (Å²) in [5.41, 5.74) is 0.902. The molecule has 1 rings (SSSR count). The summed E-state index contributed by atoms with van der Waals surface area (Å²) in [7, 11) is 1.83. The Morgan fingerprint density at radius 2 is 2.44 bits per heavy atom. The molecule has 0 aliphatic heterocycles. The summed E-state index contributed by atoms with van der Waals surface area (Å²) in [6.07, 6.45) is 3.10. The number of rotatable bonds is 7. The lowest BCUT2D eigenvalue weighted by Crippen LogP contribution is -2.16. The maximum Gasteiger partial charge on any atom is 0.305 e. The minimum Gasteiger partial charge on any atom is -0.466 e. The van der Waals surface area contributed by atoms with E-state index in [2.05, 4.69) is 15.6 Å². The van der Waals surface area contributed by atoms with E-state index in [1.165, 1.54) is 0 Å². The molecule has 0 fully saturated rings. The Morgan fingerprint density at radius 1 is 1.62 bits per heavy atom. The summed E-state index contributed by atoms with van der Waals surface area (Å²) in [6.45, 7) is 3.71. The molecule has 1 aromatic heterocycles. The summed E-state index contributed by atoms with van der Waals surface area (Å²) in [5, 5.41) is 10.9. The van der Waals surface area contributed by atoms with Gasteiger partial charge in [-0.1, -0.05) is 5.21 Å². The standard InChI is InChI=1S/C10H18N4O2/c1-3-16-10(15)5-4-6-11-7-9-8-14(2)13-12-9/h8,11H,3-7H2,1-2H3. The first-order valence-electron chi connectivity index (χ1n) is 5.44. The van der Waals surface area contributed by atoms with E-state index in [0.717, 1.165) is 18.7 Å². The van der Waals surface area contributed by atoms with E-state index in [4.69, 9.17) is 4.74 Å². The average Bonchev–Trinajstić information content (AvgIpc) is 2.64. The second kappa shape index (κ2) is 6.95. The fourth-order valence-electron chi connectivity index (χ4n) is 1.28. The Balaban J connectivity index is 2.02. The van der Waals surface area contributed by atoms with E-state index in [1.807, 2.05) is 20.2 Å². The van der Waals surface area contributed by atoms with Crippen molar-refractivity contribution in [2.24, 2.45) is 7.05 Å². The molecular formula is C10H18N4O2. The molecule has 6 heteroatoms. The van der Waals surface area contributed by atoms with Crippen LogP contribution >= 0.6 is 0 Å². The molecule has 0 aliphatic rings. The van der Waals surface area contributed by atoms with E-state index in [9.17, 15) is 4.79 Å². The summed E-state index contributed by atoms with van der Waals surface area (Å²) >= 11 is 0. The third-order valence-electron chi connectivity index (χ3n) is 2.00. The molecule has 1 N–H and O–H groups in total. The van der Waals surface area contributed by atoms with Crippen molar-refractivity contribution in [3.63, 3.8) is 0 Å². The van der Waals surface area contributed by atoms with Gasteiger partial charge in [-0.15, -0.1) is 5.10 Å². The van der Waals surface area contributed by atoms with Crippen molar-refractivity contribution in [3.05, 3.63) is 11.9 Å². The highest BCUT2D eigenvalue weighted by molar-refractivity contribution is 5.69. The molecule has 0 bridgehead atoms. The minimum atomic E-state index is -0.135. The van der Waals surface area contributed by atoms with Crippen LogP contribution in [0.15, 0.2) is 6.20 Å². The van der Waals surface area contributed by atoms with Crippen LogP contribution in [-0.2, 0) is 23.1 Å². The van der Waals surface area contributed by atoms with Crippen LogP contribution in [0, 0.1) is 0 Å². The highest BCUT2D eigenvalue weighted by Crippen LogP contribution is 1.93. The van der Waals surface area contributed by atoms with Crippen LogP contribution in [-0.4, -0.2) is 34.1 Å². The molecule has 0 aromatic carbocycles. The maximum atomic E-state index is 11.0. The minimum absolute atomic E-state index is 0.135. The second-order valence-corrected chi connectivity index (χ2v) is 3.47. The molecule has 0 unspecified atom stereocenters. The molecule has 16 heavy (non-hydrogen) atoms. The van der Waals surface area contributed by atoms with E-state index in [-0.39, 0.29) is 5.97 Å². The Morgan fingerprint density at radius 3 is 3.06 bits per heavy atom. The topological polar surface area (TPSA) is 69.0 Å². The molecule has 1 heterocycles. The van der Waals surface area contributed by atoms with Gasteiger partial charge >= 0.3 is 5.97 Å². The Hall–Kier alpha value is -1.43. The first kappa shape index (κ1) is 12.6. The lowest BCUT2D eigenvalue weighted by Gasteiger charge is -2.02. The zero-order chi connectivity index (χ0) is 11.8. The zero-order valence-electron chi connectivity index (χ0n) is 9.77. The number of ether oxygens (including phenoxy) is 1. The van der Waals surface area contributed by atoms with Crippen LogP contribution < -0.4 is 5.32 Å². The van der Waals surface area contributed by atoms with Crippen molar-refractivity contribution in [3.8, 4) is 0 Å². The first-order valence-corrected chi connectivity index (χ1v) is 5.44. The van der Waals surface area contributed by atoms with E-state index in [0.29, 0.717) is 19.6 Å². The summed E-state index contributed by atoms with van der Waals surface area (Å²) in [6, 6.07) is 0. The van der Waals surface area contributed by atoms with Crippen LogP contribution in [0.3, 0.4) is 0 Å². The number of nitrogens with zero attached hydrogens (tertiary/aromatic N) is 3. The summed E-state index contributed by atoms with van der Waals surface area (Å²) in [5.74, 6) is -0.135. The van der Waals surface area contributed by atoms with Crippen molar-refractivity contribution in [2.45, 2.75) is 26.3 Å². The lowest BCUT2D eigenvalue weighted by molar-refractivity contribution is -0.143. The number of hydrogen-bond acceptors (Lipinski definition) is 5. The smallest absolute Gasteiger partial charge is 0.305 e. The number of hydrogen-bond donors (Lipinski definition) is 1. The largest absolute Gasteiger partial charge is 0.466 e. The number of aryl methyl sites for hydroxylation is 1. The maximum absolute atomic E-state index is 11.0. The summed E-state index contributed by atoms with van der Waals surface area (Å²) < 4.78 is 6.48. The van der Waals surface area contributed by atoms with Gasteiger partial charge in [-0.3, -0.25) is 9.48 Å². The highest BCUT2D eigenvalue weighted by atomic mass is 16.5. The van der Waals surface area contributed by atoms with Gasteiger partial charge in [0.2, 0.25) is 0 Å². The highest BCUT2D eigenvalue weighted by Gasteiger charge is 2.01. The Bertz CT molecular complexity index is 324. The molecule has 6 nitrogen and oxygen atoms in total. The average molecular weight is 226 g/mol. The quantitative estimate of drug-likeness (QED) is 0.533. The zero-order valence-corrected chi connectivity index (χ0v) is 9.77. The van der Waals surface area contributed by atoms with Crippen molar-refractivity contribution >= 4 is 5.97 Å². The molecule has 0 radical (unpaired) electrons. The van der Waals surface area contributed by atoms with Gasteiger partial charge in [0.05, 0.1) is 12.3 Å². The molecule has 0 saturated carbocycles. The van der Waals surface area contributed by atoms with Crippen LogP contribution in [0.2, 0.25) is 0 Å². The van der Waals surface area contributed by atoms with E-state index < -0.39 is 0 Å². The summed E-state index contributed by atoms with van der Waals surface area (Å²) in [4.78, 5) is 11.0. The second-order valence-electron chi connectivity index (χ2n) is 3.47. The van der Waals surface area contributed by atoms with Gasteiger partial charge < -0.3 is 10.1 Å². The SMILES string of the molecule is CCOC(=O)CCCNCc1cn(C)nn1. The molecule has 1 aromatic rings. The van der Waals surface area contributed by atoms with Crippen molar-refractivity contribution in [1.82, 2.24) is 20.3 Å². The Labute approximate surface area is 95.0 Å². The van der Waals surface area contributed by atoms with Gasteiger partial charge in [-0.2, -0.15) is 0 Å². The van der Waals surface area contributed by atoms with Gasteiger partial charge in [0.25, 0.3) is 0 Å². The number of esters is 1. The predicted molar refractivity (Wildman–Crippen MR) is 58.6 cm³/mol. The van der Waals surface area contributed by atoms with Gasteiger partial charge in [0, 0.05) is 26.2 Å². The normalized spacial score (nSPS) is 10.4. The molecule has 0 spiro atoms. The van der Waals surface area contributed by atoms with Crippen LogP contribution in [0.4, 0.5) is 0 Å². The number of carbonyl (C=O) groups excluding carboxylic acids is 1. The fraction of sp³-hybridized carbons (Fsp3) is 0.700. The third kappa shape index (κ3) is 4.88. The molecular weight excluding hydrogens is 208 g/mol. The molecule has 0 amide bonds. The predicted octanol–water partition coefficient (Wildman–Crippen LogP) is 0.248. The van der Waals surface area contributed by atoms with Gasteiger partial charge in [0.15, 0.2) is 0 Å².